The predicted molar refractivity (Wildman–Crippen MR) is 83.1 cm³/mol. The fourth-order valence-corrected chi connectivity index (χ4v) is 4.58. The number of pyridine rings is 1. The van der Waals surface area contributed by atoms with E-state index in [-0.39, 0.29) is 16.7 Å². The lowest BCUT2D eigenvalue weighted by Crippen LogP contribution is -2.30. The van der Waals surface area contributed by atoms with E-state index in [0.29, 0.717) is 6.54 Å². The molecule has 1 atom stereocenters. The van der Waals surface area contributed by atoms with Gasteiger partial charge in [0.05, 0.1) is 18.0 Å². The van der Waals surface area contributed by atoms with Crippen LogP contribution in [-0.4, -0.2) is 31.4 Å². The van der Waals surface area contributed by atoms with Crippen molar-refractivity contribution in [2.45, 2.75) is 23.8 Å². The first kappa shape index (κ1) is 15.9. The van der Waals surface area contributed by atoms with Gasteiger partial charge >= 0.3 is 0 Å². The molecule has 23 heavy (non-hydrogen) atoms. The normalized spacial score (nSPS) is 19.0. The van der Waals surface area contributed by atoms with Crippen LogP contribution in [0.15, 0.2) is 47.6 Å². The number of rotatable bonds is 4. The van der Waals surface area contributed by atoms with E-state index < -0.39 is 15.8 Å². The summed E-state index contributed by atoms with van der Waals surface area (Å²) in [4.78, 5) is 3.90. The smallest absolute Gasteiger partial charge is 0.243 e. The molecule has 0 radical (unpaired) electrons. The summed E-state index contributed by atoms with van der Waals surface area (Å²) in [5.74, 6) is -0.663. The summed E-state index contributed by atoms with van der Waals surface area (Å²) < 4.78 is 45.9. The van der Waals surface area contributed by atoms with Gasteiger partial charge in [-0.3, -0.25) is 4.98 Å². The van der Waals surface area contributed by atoms with Crippen LogP contribution in [0.5, 0.6) is 5.75 Å². The lowest BCUT2D eigenvalue weighted by Gasteiger charge is -2.24. The number of sulfonamides is 1. The molecule has 0 spiro atoms. The van der Waals surface area contributed by atoms with Crippen LogP contribution in [0.1, 0.15) is 24.4 Å². The summed E-state index contributed by atoms with van der Waals surface area (Å²) >= 11 is 0. The van der Waals surface area contributed by atoms with Crippen LogP contribution in [0, 0.1) is 5.82 Å². The highest BCUT2D eigenvalue weighted by Gasteiger charge is 2.36. The van der Waals surface area contributed by atoms with Crippen molar-refractivity contribution in [3.63, 3.8) is 0 Å². The molecular formula is C16H17FN2O3S. The number of aromatic nitrogens is 1. The van der Waals surface area contributed by atoms with E-state index in [4.69, 9.17) is 4.74 Å². The molecule has 0 bridgehead atoms. The molecule has 1 aromatic carbocycles. The average Bonchev–Trinajstić information content (AvgIpc) is 3.06. The Bertz CT molecular complexity index is 796. The third-order valence-corrected chi connectivity index (χ3v) is 5.93. The van der Waals surface area contributed by atoms with E-state index in [1.54, 1.807) is 12.4 Å². The highest BCUT2D eigenvalue weighted by molar-refractivity contribution is 7.89. The summed E-state index contributed by atoms with van der Waals surface area (Å²) in [7, 11) is -2.43. The Labute approximate surface area is 134 Å². The number of methoxy groups -OCH3 is 1. The van der Waals surface area contributed by atoms with E-state index in [0.717, 1.165) is 24.5 Å². The number of ether oxygens (including phenoxy) is 1. The fraction of sp³-hybridized carbons (Fsp3) is 0.312. The zero-order valence-corrected chi connectivity index (χ0v) is 13.5. The first-order valence-corrected chi connectivity index (χ1v) is 8.73. The van der Waals surface area contributed by atoms with Crippen molar-refractivity contribution in [1.29, 1.82) is 0 Å². The Balaban J connectivity index is 1.97. The molecule has 7 heteroatoms. The van der Waals surface area contributed by atoms with Crippen molar-refractivity contribution in [3.05, 3.63) is 54.1 Å². The Morgan fingerprint density at radius 3 is 2.65 bits per heavy atom. The summed E-state index contributed by atoms with van der Waals surface area (Å²) in [6.45, 7) is 0.420. The van der Waals surface area contributed by atoms with Crippen LogP contribution < -0.4 is 4.74 Å². The van der Waals surface area contributed by atoms with Gasteiger partial charge in [-0.25, -0.2) is 12.8 Å². The maximum Gasteiger partial charge on any atom is 0.243 e. The maximum atomic E-state index is 13.9. The lowest BCUT2D eigenvalue weighted by atomic mass is 10.1. The largest absolute Gasteiger partial charge is 0.494 e. The van der Waals surface area contributed by atoms with Gasteiger partial charge in [0.1, 0.15) is 0 Å². The minimum atomic E-state index is -3.77. The van der Waals surface area contributed by atoms with E-state index >= 15 is 0 Å². The van der Waals surface area contributed by atoms with Gasteiger partial charge in [-0.05, 0) is 48.7 Å². The standard InChI is InChI=1S/C16H17FN2O3S/c1-22-16-5-4-13(11-14(16)17)23(20,21)19-10-2-3-15(19)12-6-8-18-9-7-12/h4-9,11,15H,2-3,10H2,1H3. The minimum absolute atomic E-state index is 0.0241. The first-order valence-electron chi connectivity index (χ1n) is 7.29. The molecule has 2 heterocycles. The number of benzene rings is 1. The summed E-state index contributed by atoms with van der Waals surface area (Å²) in [5, 5.41) is 0. The van der Waals surface area contributed by atoms with Crippen LogP contribution in [0.2, 0.25) is 0 Å². The summed E-state index contributed by atoms with van der Waals surface area (Å²) in [5.41, 5.74) is 0.898. The van der Waals surface area contributed by atoms with Gasteiger partial charge in [0.15, 0.2) is 11.6 Å². The van der Waals surface area contributed by atoms with E-state index in [9.17, 15) is 12.8 Å². The molecule has 1 aliphatic heterocycles. The molecule has 5 nitrogen and oxygen atoms in total. The molecule has 0 N–H and O–H groups in total. The highest BCUT2D eigenvalue weighted by atomic mass is 32.2. The summed E-state index contributed by atoms with van der Waals surface area (Å²) in [6.07, 6.45) is 4.80. The van der Waals surface area contributed by atoms with Crippen LogP contribution >= 0.6 is 0 Å². The number of hydrogen-bond donors (Lipinski definition) is 0. The van der Waals surface area contributed by atoms with Crippen LogP contribution in [0.4, 0.5) is 4.39 Å². The zero-order valence-electron chi connectivity index (χ0n) is 12.6. The van der Waals surface area contributed by atoms with Gasteiger partial charge < -0.3 is 4.74 Å². The molecule has 0 aliphatic carbocycles. The van der Waals surface area contributed by atoms with Crippen molar-refractivity contribution in [2.24, 2.45) is 0 Å². The van der Waals surface area contributed by atoms with Gasteiger partial charge in [-0.15, -0.1) is 0 Å². The van der Waals surface area contributed by atoms with Crippen LogP contribution in [0.25, 0.3) is 0 Å². The highest BCUT2D eigenvalue weighted by Crippen LogP contribution is 2.36. The first-order chi connectivity index (χ1) is 11.0. The molecule has 0 saturated carbocycles. The van der Waals surface area contributed by atoms with E-state index in [1.807, 2.05) is 12.1 Å². The van der Waals surface area contributed by atoms with Crippen LogP contribution in [0.3, 0.4) is 0 Å². The Kier molecular flexibility index (Phi) is 4.32. The zero-order chi connectivity index (χ0) is 16.4. The van der Waals surface area contributed by atoms with Crippen LogP contribution in [-0.2, 0) is 10.0 Å². The van der Waals surface area contributed by atoms with Gasteiger partial charge in [-0.2, -0.15) is 4.31 Å². The minimum Gasteiger partial charge on any atom is -0.494 e. The van der Waals surface area contributed by atoms with E-state index in [1.165, 1.54) is 23.5 Å². The third-order valence-electron chi connectivity index (χ3n) is 4.02. The lowest BCUT2D eigenvalue weighted by molar-refractivity contribution is 0.383. The topological polar surface area (TPSA) is 59.5 Å². The molecule has 1 unspecified atom stereocenters. The number of nitrogens with zero attached hydrogens (tertiary/aromatic N) is 2. The van der Waals surface area contributed by atoms with Crippen molar-refractivity contribution >= 4 is 10.0 Å². The van der Waals surface area contributed by atoms with Gasteiger partial charge in [-0.1, -0.05) is 0 Å². The molecule has 1 aromatic heterocycles. The predicted octanol–water partition coefficient (Wildman–Crippen LogP) is 2.76. The second kappa shape index (κ2) is 6.25. The monoisotopic (exact) mass is 336 g/mol. The van der Waals surface area contributed by atoms with Gasteiger partial charge in [0, 0.05) is 18.9 Å². The second-order valence-electron chi connectivity index (χ2n) is 5.35. The SMILES string of the molecule is COc1ccc(S(=O)(=O)N2CCCC2c2ccncc2)cc1F. The van der Waals surface area contributed by atoms with Crippen molar-refractivity contribution in [2.75, 3.05) is 13.7 Å². The molecule has 1 saturated heterocycles. The average molecular weight is 336 g/mol. The molecule has 1 fully saturated rings. The second-order valence-corrected chi connectivity index (χ2v) is 7.24. The molecule has 0 amide bonds. The summed E-state index contributed by atoms with van der Waals surface area (Å²) in [6, 6.07) is 7.10. The van der Waals surface area contributed by atoms with Crippen molar-refractivity contribution < 1.29 is 17.5 Å². The van der Waals surface area contributed by atoms with Gasteiger partial charge in [0.25, 0.3) is 0 Å². The maximum absolute atomic E-state index is 13.9. The molecule has 2 aromatic rings. The van der Waals surface area contributed by atoms with E-state index in [2.05, 4.69) is 4.98 Å². The van der Waals surface area contributed by atoms with Crippen molar-refractivity contribution in [1.82, 2.24) is 9.29 Å². The molecule has 122 valence electrons. The molecule has 1 aliphatic rings. The quantitative estimate of drug-likeness (QED) is 0.861. The Morgan fingerprint density at radius 2 is 2.00 bits per heavy atom. The van der Waals surface area contributed by atoms with Gasteiger partial charge in [0.2, 0.25) is 10.0 Å². The fourth-order valence-electron chi connectivity index (χ4n) is 2.89. The number of hydrogen-bond acceptors (Lipinski definition) is 4. The Morgan fingerprint density at radius 1 is 1.26 bits per heavy atom. The molecular weight excluding hydrogens is 319 g/mol. The van der Waals surface area contributed by atoms with Crippen molar-refractivity contribution in [3.8, 4) is 5.75 Å². The number of halogens is 1. The molecule has 3 rings (SSSR count). The Hall–Kier alpha value is -1.99. The third kappa shape index (κ3) is 2.94.